The van der Waals surface area contributed by atoms with Crippen LogP contribution in [0.5, 0.6) is 0 Å². The molecule has 0 amide bonds. The molecule has 3 heterocycles. The molecule has 0 aliphatic heterocycles. The van der Waals surface area contributed by atoms with Gasteiger partial charge >= 0.3 is 0 Å². The fraction of sp³-hybridized carbons (Fsp3) is 0. The van der Waals surface area contributed by atoms with Gasteiger partial charge < -0.3 is 13.9 Å². The van der Waals surface area contributed by atoms with E-state index in [4.69, 9.17) is 0 Å². The predicted molar refractivity (Wildman–Crippen MR) is 241 cm³/mol. The van der Waals surface area contributed by atoms with E-state index < -0.39 is 0 Å². The van der Waals surface area contributed by atoms with Gasteiger partial charge in [-0.1, -0.05) is 140 Å². The second kappa shape index (κ2) is 12.5. The molecule has 3 nitrogen and oxygen atoms in total. The van der Waals surface area contributed by atoms with Crippen LogP contribution in [0, 0.1) is 0 Å². The Morgan fingerprint density at radius 1 is 0.316 bits per heavy atom. The lowest BCUT2D eigenvalue weighted by Gasteiger charge is -2.27. The Hall–Kier alpha value is -7.62. The number of anilines is 3. The van der Waals surface area contributed by atoms with Crippen LogP contribution in [0.2, 0.25) is 0 Å². The molecule has 0 aliphatic carbocycles. The Morgan fingerprint density at radius 2 is 0.825 bits per heavy atom. The van der Waals surface area contributed by atoms with Gasteiger partial charge in [0.25, 0.3) is 0 Å². The second-order valence-electron chi connectivity index (χ2n) is 14.9. The number of rotatable bonds is 6. The fourth-order valence-corrected chi connectivity index (χ4v) is 9.32. The Bertz CT molecular complexity index is 3430. The maximum absolute atomic E-state index is 2.44. The summed E-state index contributed by atoms with van der Waals surface area (Å²) in [6.45, 7) is 0. The van der Waals surface area contributed by atoms with E-state index in [1.165, 1.54) is 82.2 Å². The number of para-hydroxylation sites is 4. The number of nitrogens with zero attached hydrogens (tertiary/aromatic N) is 3. The minimum Gasteiger partial charge on any atom is -0.310 e. The average Bonchev–Trinajstić information content (AvgIpc) is 3.93. The van der Waals surface area contributed by atoms with Crippen LogP contribution in [0.1, 0.15) is 0 Å². The average molecular weight is 726 g/mol. The van der Waals surface area contributed by atoms with Gasteiger partial charge in [0.15, 0.2) is 0 Å². The minimum absolute atomic E-state index is 1.10. The predicted octanol–water partition coefficient (Wildman–Crippen LogP) is 14.7. The summed E-state index contributed by atoms with van der Waals surface area (Å²) in [5.74, 6) is 0. The van der Waals surface area contributed by atoms with Crippen molar-refractivity contribution in [1.82, 2.24) is 8.97 Å². The Kier molecular flexibility index (Phi) is 6.93. The summed E-state index contributed by atoms with van der Waals surface area (Å²) in [4.78, 5) is 2.42. The summed E-state index contributed by atoms with van der Waals surface area (Å²) in [5.41, 5.74) is 15.5. The number of hydrogen-bond acceptors (Lipinski definition) is 1. The largest absolute Gasteiger partial charge is 0.310 e. The van der Waals surface area contributed by atoms with Crippen LogP contribution < -0.4 is 4.90 Å². The molecule has 0 fully saturated rings. The van der Waals surface area contributed by atoms with E-state index >= 15 is 0 Å². The molecule has 0 unspecified atom stereocenters. The zero-order valence-electron chi connectivity index (χ0n) is 31.0. The third kappa shape index (κ3) is 4.79. The lowest BCUT2D eigenvalue weighted by molar-refractivity contribution is 1.18. The highest BCUT2D eigenvalue weighted by Gasteiger charge is 2.22. The van der Waals surface area contributed by atoms with E-state index in [1.807, 2.05) is 0 Å². The highest BCUT2D eigenvalue weighted by Crippen LogP contribution is 2.45. The molecule has 0 bridgehead atoms. The SMILES string of the molecule is c1ccc(-c2ccc(N(c3ccc(-c4ccc5c(c4)c4cccc6c7ccccc7n5c64)cc3)c3cccc4c3c3ccccc3n4-c3ccccc3)cc2)cc1. The summed E-state index contributed by atoms with van der Waals surface area (Å²) < 4.78 is 4.83. The summed E-state index contributed by atoms with van der Waals surface area (Å²) in [6.07, 6.45) is 0. The third-order valence-electron chi connectivity index (χ3n) is 11.8. The maximum Gasteiger partial charge on any atom is 0.0620 e. The van der Waals surface area contributed by atoms with Crippen LogP contribution in [0.4, 0.5) is 17.1 Å². The maximum atomic E-state index is 2.44. The van der Waals surface area contributed by atoms with Gasteiger partial charge in [-0.2, -0.15) is 0 Å². The van der Waals surface area contributed by atoms with Gasteiger partial charge in [-0.05, 0) is 95.1 Å². The van der Waals surface area contributed by atoms with E-state index in [2.05, 4.69) is 226 Å². The number of fused-ring (bicyclic) bond motifs is 9. The van der Waals surface area contributed by atoms with Crippen LogP contribution in [0.3, 0.4) is 0 Å². The number of aromatic nitrogens is 2. The van der Waals surface area contributed by atoms with Gasteiger partial charge in [-0.15, -0.1) is 0 Å². The molecule has 0 radical (unpaired) electrons. The molecule has 9 aromatic carbocycles. The van der Waals surface area contributed by atoms with Crippen LogP contribution in [0.25, 0.3) is 87.8 Å². The van der Waals surface area contributed by atoms with Gasteiger partial charge in [-0.3, -0.25) is 0 Å². The summed E-state index contributed by atoms with van der Waals surface area (Å²) in [7, 11) is 0. The molecule has 0 atom stereocenters. The number of hydrogen-bond donors (Lipinski definition) is 0. The molecular weight excluding hydrogens is 691 g/mol. The highest BCUT2D eigenvalue weighted by atomic mass is 15.1. The molecule has 0 N–H and O–H groups in total. The lowest BCUT2D eigenvalue weighted by Crippen LogP contribution is -2.10. The topological polar surface area (TPSA) is 12.6 Å². The van der Waals surface area contributed by atoms with E-state index in [-0.39, 0.29) is 0 Å². The molecule has 3 aromatic heterocycles. The molecule has 0 saturated carbocycles. The van der Waals surface area contributed by atoms with Crippen molar-refractivity contribution in [3.05, 3.63) is 212 Å². The molecule has 12 rings (SSSR count). The van der Waals surface area contributed by atoms with Crippen molar-refractivity contribution >= 4 is 77.0 Å². The van der Waals surface area contributed by atoms with Crippen molar-refractivity contribution < 1.29 is 0 Å². The first-order valence-corrected chi connectivity index (χ1v) is 19.6. The van der Waals surface area contributed by atoms with Gasteiger partial charge in [-0.25, -0.2) is 0 Å². The van der Waals surface area contributed by atoms with Gasteiger partial charge in [0.1, 0.15) is 0 Å². The van der Waals surface area contributed by atoms with Crippen LogP contribution in [-0.2, 0) is 0 Å². The molecule has 12 aromatic rings. The van der Waals surface area contributed by atoms with E-state index in [0.29, 0.717) is 0 Å². The number of benzene rings is 9. The van der Waals surface area contributed by atoms with Crippen LogP contribution >= 0.6 is 0 Å². The zero-order chi connectivity index (χ0) is 37.5. The molecule has 0 aliphatic rings. The summed E-state index contributed by atoms with van der Waals surface area (Å²) in [5, 5.41) is 7.64. The quantitative estimate of drug-likeness (QED) is 0.166. The van der Waals surface area contributed by atoms with Crippen molar-refractivity contribution in [2.75, 3.05) is 4.90 Å². The van der Waals surface area contributed by atoms with Gasteiger partial charge in [0.05, 0.1) is 33.3 Å². The molecule has 3 heteroatoms. The van der Waals surface area contributed by atoms with Gasteiger partial charge in [0.2, 0.25) is 0 Å². The molecule has 0 saturated heterocycles. The third-order valence-corrected chi connectivity index (χ3v) is 11.8. The van der Waals surface area contributed by atoms with Crippen molar-refractivity contribution in [2.24, 2.45) is 0 Å². The van der Waals surface area contributed by atoms with E-state index in [0.717, 1.165) is 22.7 Å². The fourth-order valence-electron chi connectivity index (χ4n) is 9.32. The van der Waals surface area contributed by atoms with Gasteiger partial charge in [0, 0.05) is 49.4 Å². The van der Waals surface area contributed by atoms with Crippen molar-refractivity contribution in [2.45, 2.75) is 0 Å². The van der Waals surface area contributed by atoms with E-state index in [9.17, 15) is 0 Å². The van der Waals surface area contributed by atoms with Crippen LogP contribution in [0.15, 0.2) is 212 Å². The standard InChI is InChI=1S/C54H35N3/c1-3-13-36(14-4-1)37-25-30-41(31-26-37)55(51-23-12-24-52-53(51)46-18-8-10-22-49(46)56(52)40-15-5-2-6-16-40)42-32-27-38(28-33-42)39-29-34-50-47(35-39)45-20-11-19-44-43-17-7-9-21-48(43)57(50)54(44)45/h1-35H. The lowest BCUT2D eigenvalue weighted by atomic mass is 10.0. The monoisotopic (exact) mass is 725 g/mol. The Labute approximate surface area is 329 Å². The molecule has 57 heavy (non-hydrogen) atoms. The van der Waals surface area contributed by atoms with Crippen molar-refractivity contribution in [1.29, 1.82) is 0 Å². The summed E-state index contributed by atoms with van der Waals surface area (Å²) >= 11 is 0. The first kappa shape index (κ1) is 31.7. The molecule has 0 spiro atoms. The van der Waals surface area contributed by atoms with E-state index in [1.54, 1.807) is 0 Å². The first-order valence-electron chi connectivity index (χ1n) is 19.6. The van der Waals surface area contributed by atoms with Crippen molar-refractivity contribution in [3.8, 4) is 27.9 Å². The smallest absolute Gasteiger partial charge is 0.0620 e. The first-order chi connectivity index (χ1) is 28.3. The second-order valence-corrected chi connectivity index (χ2v) is 14.9. The molecule has 266 valence electrons. The molecular formula is C54H35N3. The normalized spacial score (nSPS) is 11.9. The Morgan fingerprint density at radius 3 is 1.56 bits per heavy atom. The highest BCUT2D eigenvalue weighted by molar-refractivity contribution is 6.23. The van der Waals surface area contributed by atoms with Crippen LogP contribution in [-0.4, -0.2) is 8.97 Å². The zero-order valence-corrected chi connectivity index (χ0v) is 31.0. The van der Waals surface area contributed by atoms with Crippen molar-refractivity contribution in [3.63, 3.8) is 0 Å². The minimum atomic E-state index is 1.10. The Balaban J connectivity index is 1.02. The summed E-state index contributed by atoms with van der Waals surface area (Å²) in [6, 6.07) is 77.3.